The van der Waals surface area contributed by atoms with Gasteiger partial charge in [-0.25, -0.2) is 4.98 Å². The summed E-state index contributed by atoms with van der Waals surface area (Å²) >= 11 is 0. The van der Waals surface area contributed by atoms with Crippen LogP contribution in [0.25, 0.3) is 44.9 Å². The lowest BCUT2D eigenvalue weighted by Gasteiger charge is -2.26. The van der Waals surface area contributed by atoms with Gasteiger partial charge in [0.25, 0.3) is 0 Å². The van der Waals surface area contributed by atoms with Crippen LogP contribution in [0.2, 0.25) is 0 Å². The van der Waals surface area contributed by atoms with Crippen molar-refractivity contribution < 1.29 is 5.11 Å². The number of hydrogen-bond acceptors (Lipinski definition) is 3. The fourth-order valence-corrected chi connectivity index (χ4v) is 5.22. The smallest absolute Gasteiger partial charge is 0.124 e. The number of nitrogens with zero attached hydrogens (tertiary/aromatic N) is 2. The van der Waals surface area contributed by atoms with Crippen molar-refractivity contribution in [3.8, 4) is 50.6 Å². The average Bonchev–Trinajstić information content (AvgIpc) is 2.96. The first-order valence-corrected chi connectivity index (χ1v) is 15.1. The molecule has 3 heteroatoms. The molecule has 5 rings (SSSR count). The lowest BCUT2D eigenvalue weighted by atomic mass is 9.79. The van der Waals surface area contributed by atoms with Crippen molar-refractivity contribution in [3.05, 3.63) is 114 Å². The van der Waals surface area contributed by atoms with Gasteiger partial charge in [-0.3, -0.25) is 4.98 Å². The molecule has 0 spiro atoms. The van der Waals surface area contributed by atoms with Gasteiger partial charge in [0.05, 0.1) is 17.1 Å². The van der Waals surface area contributed by atoms with Crippen LogP contribution >= 0.6 is 0 Å². The lowest BCUT2D eigenvalue weighted by Crippen LogP contribution is -2.16. The minimum atomic E-state index is -0.0691. The molecule has 0 aliphatic rings. The predicted octanol–water partition coefficient (Wildman–Crippen LogP) is 10.7. The van der Waals surface area contributed by atoms with E-state index in [0.717, 1.165) is 39.3 Å². The molecule has 3 nitrogen and oxygen atoms in total. The molecular weight excluding hydrogens is 524 g/mol. The number of phenolic OH excluding ortho intramolecular Hbond substituents is 1. The van der Waals surface area contributed by atoms with Crippen molar-refractivity contribution in [3.63, 3.8) is 0 Å². The SMILES string of the molecule is CC(C)(C)c1cc(-c2ccccn2)cc(-c2cc(-c3cc(C(C)(C)C)cc(C(C)(C)C)c3)cc(-c3ccccc3O)n2)c1. The maximum absolute atomic E-state index is 10.9. The Bertz CT molecular complexity index is 1730. The first kappa shape index (κ1) is 30.2. The van der Waals surface area contributed by atoms with Crippen molar-refractivity contribution in [1.82, 2.24) is 9.97 Å². The molecule has 0 amide bonds. The largest absolute Gasteiger partial charge is 0.507 e. The summed E-state index contributed by atoms with van der Waals surface area (Å²) in [7, 11) is 0. The summed E-state index contributed by atoms with van der Waals surface area (Å²) in [5, 5.41) is 10.9. The Labute approximate surface area is 257 Å². The lowest BCUT2D eigenvalue weighted by molar-refractivity contribution is 0.477. The van der Waals surface area contributed by atoms with Gasteiger partial charge in [-0.15, -0.1) is 0 Å². The van der Waals surface area contributed by atoms with Crippen LogP contribution in [0.15, 0.2) is 97.2 Å². The first-order chi connectivity index (χ1) is 20.1. The van der Waals surface area contributed by atoms with Gasteiger partial charge in [-0.05, 0) is 98.7 Å². The number of pyridine rings is 2. The summed E-state index contributed by atoms with van der Waals surface area (Å²) in [4.78, 5) is 9.84. The van der Waals surface area contributed by atoms with Crippen molar-refractivity contribution >= 4 is 0 Å². The van der Waals surface area contributed by atoms with Gasteiger partial charge >= 0.3 is 0 Å². The van der Waals surface area contributed by atoms with Crippen LogP contribution in [0.4, 0.5) is 0 Å². The highest BCUT2D eigenvalue weighted by atomic mass is 16.3. The molecule has 1 N–H and O–H groups in total. The van der Waals surface area contributed by atoms with Crippen LogP contribution in [0, 0.1) is 0 Å². The molecule has 0 aliphatic heterocycles. The van der Waals surface area contributed by atoms with Gasteiger partial charge < -0.3 is 5.11 Å². The molecule has 0 aliphatic carbocycles. The Hall–Kier alpha value is -4.24. The van der Waals surface area contributed by atoms with Gasteiger partial charge in [0.2, 0.25) is 0 Å². The van der Waals surface area contributed by atoms with Crippen LogP contribution in [0.3, 0.4) is 0 Å². The molecule has 0 fully saturated rings. The highest BCUT2D eigenvalue weighted by molar-refractivity contribution is 5.80. The number of benzene rings is 3. The fourth-order valence-electron chi connectivity index (χ4n) is 5.22. The van der Waals surface area contributed by atoms with Gasteiger partial charge in [-0.2, -0.15) is 0 Å². The fraction of sp³-hybridized carbons (Fsp3) is 0.300. The first-order valence-electron chi connectivity index (χ1n) is 15.1. The van der Waals surface area contributed by atoms with E-state index < -0.39 is 0 Å². The number of hydrogen-bond donors (Lipinski definition) is 1. The molecule has 3 aromatic carbocycles. The normalized spacial score (nSPS) is 12.4. The highest BCUT2D eigenvalue weighted by Crippen LogP contribution is 2.39. The zero-order valence-electron chi connectivity index (χ0n) is 27.1. The minimum Gasteiger partial charge on any atom is -0.507 e. The molecule has 0 radical (unpaired) electrons. The van der Waals surface area contributed by atoms with E-state index in [1.54, 1.807) is 6.07 Å². The van der Waals surface area contributed by atoms with Crippen molar-refractivity contribution in [2.45, 2.75) is 78.6 Å². The zero-order valence-corrected chi connectivity index (χ0v) is 27.1. The predicted molar refractivity (Wildman–Crippen MR) is 182 cm³/mol. The Morgan fingerprint density at radius 2 is 0.953 bits per heavy atom. The van der Waals surface area contributed by atoms with Crippen molar-refractivity contribution in [2.24, 2.45) is 0 Å². The number of aromatic hydroxyl groups is 1. The molecule has 220 valence electrons. The van der Waals surface area contributed by atoms with E-state index in [2.05, 4.69) is 122 Å². The third-order valence-electron chi connectivity index (χ3n) is 8.06. The molecule has 0 unspecified atom stereocenters. The number of phenols is 1. The second-order valence-electron chi connectivity index (χ2n) is 14.7. The number of aromatic nitrogens is 2. The quantitative estimate of drug-likeness (QED) is 0.234. The van der Waals surface area contributed by atoms with Gasteiger partial charge in [0.1, 0.15) is 5.75 Å². The van der Waals surface area contributed by atoms with Gasteiger partial charge in [0.15, 0.2) is 0 Å². The Morgan fingerprint density at radius 1 is 0.465 bits per heavy atom. The summed E-state index contributed by atoms with van der Waals surface area (Å²) in [5.41, 5.74) is 11.3. The van der Waals surface area contributed by atoms with E-state index in [9.17, 15) is 5.11 Å². The van der Waals surface area contributed by atoms with Crippen molar-refractivity contribution in [1.29, 1.82) is 0 Å². The summed E-state index contributed by atoms with van der Waals surface area (Å²) in [6, 6.07) is 31.4. The summed E-state index contributed by atoms with van der Waals surface area (Å²) in [5.74, 6) is 0.217. The van der Waals surface area contributed by atoms with Crippen LogP contribution < -0.4 is 0 Å². The summed E-state index contributed by atoms with van der Waals surface area (Å²) < 4.78 is 0. The van der Waals surface area contributed by atoms with Crippen molar-refractivity contribution in [2.75, 3.05) is 0 Å². The molecule has 5 aromatic rings. The average molecular weight is 569 g/mol. The molecular formula is C40H44N2O. The molecule has 0 bridgehead atoms. The highest BCUT2D eigenvalue weighted by Gasteiger charge is 2.23. The van der Waals surface area contributed by atoms with Crippen LogP contribution in [-0.2, 0) is 16.2 Å². The standard InChI is InChI=1S/C40H44N2O/c1-38(2,3)30-21-28(34-15-12-13-17-41-34)18-29(22-30)35-23-27(24-36(42-35)33-14-10-11-16-37(33)43)26-19-31(39(4,5)6)25-32(20-26)40(7,8)9/h10-25,43H,1-9H3. The van der Waals surface area contributed by atoms with E-state index in [1.165, 1.54) is 16.7 Å². The maximum Gasteiger partial charge on any atom is 0.124 e. The third-order valence-corrected chi connectivity index (χ3v) is 8.06. The summed E-state index contributed by atoms with van der Waals surface area (Å²) in [6.07, 6.45) is 1.84. The molecule has 0 saturated heterocycles. The van der Waals surface area contributed by atoms with Crippen LogP contribution in [0.5, 0.6) is 5.75 Å². The molecule has 2 aromatic heterocycles. The monoisotopic (exact) mass is 568 g/mol. The Morgan fingerprint density at radius 3 is 1.51 bits per heavy atom. The molecule has 43 heavy (non-hydrogen) atoms. The zero-order chi connectivity index (χ0) is 31.2. The van der Waals surface area contributed by atoms with Gasteiger partial charge in [-0.1, -0.05) is 98.7 Å². The molecule has 0 saturated carbocycles. The van der Waals surface area contributed by atoms with E-state index in [4.69, 9.17) is 4.98 Å². The van der Waals surface area contributed by atoms with E-state index in [1.807, 2.05) is 36.5 Å². The molecule has 0 atom stereocenters. The second kappa shape index (κ2) is 11.1. The summed E-state index contributed by atoms with van der Waals surface area (Å²) in [6.45, 7) is 20.3. The van der Waals surface area contributed by atoms with Crippen LogP contribution in [0.1, 0.15) is 79.0 Å². The van der Waals surface area contributed by atoms with E-state index in [-0.39, 0.29) is 22.0 Å². The van der Waals surface area contributed by atoms with E-state index >= 15 is 0 Å². The topological polar surface area (TPSA) is 46.0 Å². The van der Waals surface area contributed by atoms with Crippen LogP contribution in [-0.4, -0.2) is 15.1 Å². The Balaban J connectivity index is 1.81. The number of rotatable bonds is 4. The maximum atomic E-state index is 10.9. The van der Waals surface area contributed by atoms with E-state index in [0.29, 0.717) is 5.56 Å². The third kappa shape index (κ3) is 6.72. The minimum absolute atomic E-state index is 0.00891. The second-order valence-corrected chi connectivity index (χ2v) is 14.7. The molecule has 2 heterocycles. The van der Waals surface area contributed by atoms with Gasteiger partial charge in [0, 0.05) is 22.9 Å². The number of para-hydroxylation sites is 1. The Kier molecular flexibility index (Phi) is 7.81.